The fourth-order valence-electron chi connectivity index (χ4n) is 2.79. The lowest BCUT2D eigenvalue weighted by Gasteiger charge is -2.19. The molecule has 5 heteroatoms. The smallest absolute Gasteiger partial charge is 0.251 e. The van der Waals surface area contributed by atoms with Crippen LogP contribution in [0.15, 0.2) is 42.5 Å². The summed E-state index contributed by atoms with van der Waals surface area (Å²) >= 11 is 0. The van der Waals surface area contributed by atoms with Crippen molar-refractivity contribution in [2.24, 2.45) is 0 Å². The molecule has 0 aliphatic heterocycles. The molecule has 28 heavy (non-hydrogen) atoms. The second kappa shape index (κ2) is 8.91. The molecule has 2 amide bonds. The molecule has 0 aliphatic rings. The molecule has 0 saturated carbocycles. The van der Waals surface area contributed by atoms with E-state index in [1.807, 2.05) is 68.4 Å². The fourth-order valence-corrected chi connectivity index (χ4v) is 2.79. The van der Waals surface area contributed by atoms with Crippen molar-refractivity contribution in [3.8, 4) is 0 Å². The van der Waals surface area contributed by atoms with Gasteiger partial charge in [-0.3, -0.25) is 9.59 Å². The molecule has 0 bridgehead atoms. The van der Waals surface area contributed by atoms with Crippen molar-refractivity contribution in [3.05, 3.63) is 59.2 Å². The van der Waals surface area contributed by atoms with E-state index < -0.39 is 0 Å². The molecule has 0 atom stereocenters. The van der Waals surface area contributed by atoms with Gasteiger partial charge in [0.25, 0.3) is 5.91 Å². The van der Waals surface area contributed by atoms with E-state index in [0.717, 1.165) is 16.9 Å². The topological polar surface area (TPSA) is 61.4 Å². The predicted octanol–water partition coefficient (Wildman–Crippen LogP) is 4.12. The monoisotopic (exact) mass is 381 g/mol. The van der Waals surface area contributed by atoms with Gasteiger partial charge in [0.2, 0.25) is 5.91 Å². The molecule has 0 unspecified atom stereocenters. The van der Waals surface area contributed by atoms with E-state index in [-0.39, 0.29) is 23.7 Å². The first kappa shape index (κ1) is 21.5. The molecule has 5 nitrogen and oxygen atoms in total. The molecular formula is C23H31N3O2. The zero-order chi connectivity index (χ0) is 20.9. The first-order valence-corrected chi connectivity index (χ1v) is 9.54. The second-order valence-electron chi connectivity index (χ2n) is 8.28. The van der Waals surface area contributed by atoms with Crippen molar-refractivity contribution in [3.63, 3.8) is 0 Å². The van der Waals surface area contributed by atoms with Crippen molar-refractivity contribution in [1.82, 2.24) is 5.32 Å². The number of nitrogens with one attached hydrogen (secondary N) is 2. The van der Waals surface area contributed by atoms with E-state index in [0.29, 0.717) is 12.1 Å². The molecule has 150 valence electrons. The van der Waals surface area contributed by atoms with Gasteiger partial charge in [0.15, 0.2) is 0 Å². The van der Waals surface area contributed by atoms with Crippen LogP contribution in [0.3, 0.4) is 0 Å². The minimum atomic E-state index is -0.167. The summed E-state index contributed by atoms with van der Waals surface area (Å²) in [5.74, 6) is -0.288. The third-order valence-electron chi connectivity index (χ3n) is 4.65. The van der Waals surface area contributed by atoms with Crippen LogP contribution in [0.25, 0.3) is 0 Å². The Bertz CT molecular complexity index is 834. The largest absolute Gasteiger partial charge is 0.378 e. The molecule has 0 aliphatic carbocycles. The quantitative estimate of drug-likeness (QED) is 0.791. The lowest BCUT2D eigenvalue weighted by molar-refractivity contribution is -0.116. The number of carbonyl (C=O) groups excluding carboxylic acids is 2. The van der Waals surface area contributed by atoms with Crippen molar-refractivity contribution >= 4 is 23.2 Å². The molecule has 0 heterocycles. The van der Waals surface area contributed by atoms with Crippen molar-refractivity contribution < 1.29 is 9.59 Å². The summed E-state index contributed by atoms with van der Waals surface area (Å²) in [6, 6.07) is 13.5. The van der Waals surface area contributed by atoms with E-state index >= 15 is 0 Å². The zero-order valence-corrected chi connectivity index (χ0v) is 17.7. The van der Waals surface area contributed by atoms with Gasteiger partial charge in [-0.05, 0) is 53.8 Å². The first-order valence-electron chi connectivity index (χ1n) is 9.54. The van der Waals surface area contributed by atoms with Gasteiger partial charge in [0, 0.05) is 44.0 Å². The summed E-state index contributed by atoms with van der Waals surface area (Å²) in [4.78, 5) is 26.5. The minimum Gasteiger partial charge on any atom is -0.378 e. The van der Waals surface area contributed by atoms with Gasteiger partial charge < -0.3 is 15.5 Å². The Hall–Kier alpha value is -2.82. The Morgan fingerprint density at radius 1 is 1.00 bits per heavy atom. The van der Waals surface area contributed by atoms with Crippen molar-refractivity contribution in [2.45, 2.75) is 39.5 Å². The number of amides is 2. The van der Waals surface area contributed by atoms with E-state index in [1.165, 1.54) is 5.56 Å². The molecule has 0 spiro atoms. The lowest BCUT2D eigenvalue weighted by Crippen LogP contribution is -2.27. The highest BCUT2D eigenvalue weighted by Gasteiger charge is 2.14. The van der Waals surface area contributed by atoms with Crippen molar-refractivity contribution in [1.29, 1.82) is 0 Å². The van der Waals surface area contributed by atoms with Gasteiger partial charge in [0.1, 0.15) is 0 Å². The van der Waals surface area contributed by atoms with E-state index in [2.05, 4.69) is 31.4 Å². The molecule has 2 aromatic rings. The maximum atomic E-state index is 12.3. The highest BCUT2D eigenvalue weighted by molar-refractivity contribution is 5.95. The maximum absolute atomic E-state index is 12.3. The van der Waals surface area contributed by atoms with Crippen molar-refractivity contribution in [2.75, 3.05) is 30.9 Å². The number of rotatable bonds is 6. The number of carbonyl (C=O) groups is 2. The molecule has 2 aromatic carbocycles. The average Bonchev–Trinajstić information content (AvgIpc) is 2.62. The van der Waals surface area contributed by atoms with Gasteiger partial charge in [-0.2, -0.15) is 0 Å². The normalized spacial score (nSPS) is 11.1. The van der Waals surface area contributed by atoms with Gasteiger partial charge in [-0.1, -0.05) is 32.9 Å². The van der Waals surface area contributed by atoms with Crippen LogP contribution in [0, 0.1) is 6.92 Å². The van der Waals surface area contributed by atoms with Crippen LogP contribution in [0.5, 0.6) is 0 Å². The number of aryl methyl sites for hydroxylation is 1. The Morgan fingerprint density at radius 3 is 2.18 bits per heavy atom. The lowest BCUT2D eigenvalue weighted by atomic mass is 9.87. The molecule has 0 fully saturated rings. The van der Waals surface area contributed by atoms with Gasteiger partial charge in [-0.15, -0.1) is 0 Å². The average molecular weight is 382 g/mol. The standard InChI is InChI=1S/C23H31N3O2/c1-16-15-19(26(5)6)11-12-20(16)25-21(27)13-14-24-22(28)17-7-9-18(10-8-17)23(2,3)4/h7-12,15H,13-14H2,1-6H3,(H,24,28)(H,25,27). The molecule has 0 saturated heterocycles. The molecule has 2 rings (SSSR count). The SMILES string of the molecule is Cc1cc(N(C)C)ccc1NC(=O)CCNC(=O)c1ccc(C(C)(C)C)cc1. The zero-order valence-electron chi connectivity index (χ0n) is 17.7. The van der Waals surface area contributed by atoms with Crippen LogP contribution in [0.1, 0.15) is 48.7 Å². The predicted molar refractivity (Wildman–Crippen MR) is 116 cm³/mol. The Kier molecular flexibility index (Phi) is 6.84. The summed E-state index contributed by atoms with van der Waals surface area (Å²) in [7, 11) is 3.96. The number of benzene rings is 2. The van der Waals surface area contributed by atoms with Gasteiger partial charge in [0.05, 0.1) is 0 Å². The Labute approximate surface area is 168 Å². The van der Waals surface area contributed by atoms with Crippen LogP contribution < -0.4 is 15.5 Å². The summed E-state index contributed by atoms with van der Waals surface area (Å²) in [5.41, 5.74) is 4.71. The fraction of sp³-hybridized carbons (Fsp3) is 0.391. The minimum absolute atomic E-state index is 0.0516. The van der Waals surface area contributed by atoms with Crippen LogP contribution >= 0.6 is 0 Å². The first-order chi connectivity index (χ1) is 13.1. The molecule has 0 radical (unpaired) electrons. The summed E-state index contributed by atoms with van der Waals surface area (Å²) in [6.07, 6.45) is 0.223. The van der Waals surface area contributed by atoms with E-state index in [9.17, 15) is 9.59 Å². The highest BCUT2D eigenvalue weighted by Crippen LogP contribution is 2.22. The number of nitrogens with zero attached hydrogens (tertiary/aromatic N) is 1. The summed E-state index contributed by atoms with van der Waals surface area (Å²) in [5, 5.41) is 5.71. The molecule has 0 aromatic heterocycles. The maximum Gasteiger partial charge on any atom is 0.251 e. The molecular weight excluding hydrogens is 350 g/mol. The van der Waals surface area contributed by atoms with E-state index in [1.54, 1.807) is 0 Å². The van der Waals surface area contributed by atoms with Crippen LogP contribution in [0.4, 0.5) is 11.4 Å². The molecule has 2 N–H and O–H groups in total. The highest BCUT2D eigenvalue weighted by atomic mass is 16.2. The second-order valence-corrected chi connectivity index (χ2v) is 8.28. The Balaban J connectivity index is 1.84. The number of anilines is 2. The summed E-state index contributed by atoms with van der Waals surface area (Å²) in [6.45, 7) is 8.66. The van der Waals surface area contributed by atoms with Gasteiger partial charge >= 0.3 is 0 Å². The van der Waals surface area contributed by atoms with E-state index in [4.69, 9.17) is 0 Å². The third-order valence-corrected chi connectivity index (χ3v) is 4.65. The summed E-state index contributed by atoms with van der Waals surface area (Å²) < 4.78 is 0. The van der Waals surface area contributed by atoms with Crippen LogP contribution in [0.2, 0.25) is 0 Å². The Morgan fingerprint density at radius 2 is 1.64 bits per heavy atom. The van der Waals surface area contributed by atoms with Gasteiger partial charge in [-0.25, -0.2) is 0 Å². The van der Waals surface area contributed by atoms with Crippen LogP contribution in [-0.2, 0) is 10.2 Å². The third kappa shape index (κ3) is 5.84. The van der Waals surface area contributed by atoms with Crippen LogP contribution in [-0.4, -0.2) is 32.5 Å². The number of hydrogen-bond donors (Lipinski definition) is 2. The number of hydrogen-bond acceptors (Lipinski definition) is 3.